The maximum atomic E-state index is 12.0. The van der Waals surface area contributed by atoms with Crippen molar-refractivity contribution >= 4 is 29.0 Å². The van der Waals surface area contributed by atoms with Gasteiger partial charge in [0.2, 0.25) is 0 Å². The van der Waals surface area contributed by atoms with E-state index >= 15 is 0 Å². The second kappa shape index (κ2) is 4.94. The minimum atomic E-state index is 0.216. The Labute approximate surface area is 128 Å². The third kappa shape index (κ3) is 1.99. The van der Waals surface area contributed by atoms with Crippen LogP contribution in [0.5, 0.6) is 0 Å². The van der Waals surface area contributed by atoms with Crippen LogP contribution >= 0.6 is 23.2 Å². The molecule has 0 spiro atoms. The summed E-state index contributed by atoms with van der Waals surface area (Å²) in [5, 5.41) is 1.26. The Morgan fingerprint density at radius 3 is 2.65 bits per heavy atom. The van der Waals surface area contributed by atoms with Gasteiger partial charge in [-0.2, -0.15) is 0 Å². The maximum Gasteiger partial charge on any atom is 0.164 e. The molecule has 3 rings (SSSR count). The fourth-order valence-electron chi connectivity index (χ4n) is 2.89. The number of benzene rings is 1. The van der Waals surface area contributed by atoms with Gasteiger partial charge in [-0.05, 0) is 44.4 Å². The number of halogens is 2. The van der Waals surface area contributed by atoms with Crippen LogP contribution in [0.3, 0.4) is 0 Å². The van der Waals surface area contributed by atoms with Crippen LogP contribution in [-0.2, 0) is 6.42 Å². The molecule has 20 heavy (non-hydrogen) atoms. The van der Waals surface area contributed by atoms with Crippen LogP contribution in [0, 0.1) is 13.8 Å². The van der Waals surface area contributed by atoms with Gasteiger partial charge < -0.3 is 4.57 Å². The van der Waals surface area contributed by atoms with Crippen LogP contribution in [0.2, 0.25) is 10.0 Å². The summed E-state index contributed by atoms with van der Waals surface area (Å²) in [5.74, 6) is 0.216. The number of fused-ring (bicyclic) bond motifs is 1. The highest BCUT2D eigenvalue weighted by Crippen LogP contribution is 2.36. The Morgan fingerprint density at radius 1 is 1.15 bits per heavy atom. The number of ketones is 1. The zero-order valence-electron chi connectivity index (χ0n) is 11.5. The van der Waals surface area contributed by atoms with E-state index in [1.54, 1.807) is 0 Å². The molecule has 0 unspecified atom stereocenters. The standard InChI is InChI=1S/C16H15Cl2NO/c1-9-6-7-12(17)16(15(9)18)19-10(2)8-11-13(19)4-3-5-14(11)20/h6-8H,3-5H2,1-2H3. The van der Waals surface area contributed by atoms with Crippen molar-refractivity contribution in [2.45, 2.75) is 33.1 Å². The molecule has 1 aromatic carbocycles. The van der Waals surface area contributed by atoms with Crippen molar-refractivity contribution in [2.24, 2.45) is 0 Å². The monoisotopic (exact) mass is 307 g/mol. The number of nitrogens with zero attached hydrogens (tertiary/aromatic N) is 1. The van der Waals surface area contributed by atoms with Crippen LogP contribution in [-0.4, -0.2) is 10.4 Å². The number of carbonyl (C=O) groups is 1. The molecule has 0 bridgehead atoms. The average molecular weight is 308 g/mol. The van der Waals surface area contributed by atoms with Crippen molar-refractivity contribution in [3.8, 4) is 5.69 Å². The summed E-state index contributed by atoms with van der Waals surface area (Å²) in [6.07, 6.45) is 2.40. The van der Waals surface area contributed by atoms with Gasteiger partial charge in [-0.3, -0.25) is 4.79 Å². The Kier molecular flexibility index (Phi) is 3.39. The van der Waals surface area contributed by atoms with Crippen LogP contribution in [0.1, 0.15) is 40.2 Å². The lowest BCUT2D eigenvalue weighted by atomic mass is 9.96. The van der Waals surface area contributed by atoms with Crippen molar-refractivity contribution in [1.29, 1.82) is 0 Å². The highest BCUT2D eigenvalue weighted by Gasteiger charge is 2.25. The summed E-state index contributed by atoms with van der Waals surface area (Å²) in [6.45, 7) is 3.94. The molecule has 1 aliphatic rings. The third-order valence-electron chi connectivity index (χ3n) is 3.89. The third-order valence-corrected chi connectivity index (χ3v) is 4.67. The predicted molar refractivity (Wildman–Crippen MR) is 82.5 cm³/mol. The molecule has 2 aromatic rings. The molecular weight excluding hydrogens is 293 g/mol. The van der Waals surface area contributed by atoms with E-state index in [-0.39, 0.29) is 5.78 Å². The summed E-state index contributed by atoms with van der Waals surface area (Å²) in [5.41, 5.74) is 4.63. The first-order chi connectivity index (χ1) is 9.50. The van der Waals surface area contributed by atoms with Crippen molar-refractivity contribution in [2.75, 3.05) is 0 Å². The quantitative estimate of drug-likeness (QED) is 0.733. The number of carbonyl (C=O) groups excluding carboxylic acids is 1. The fraction of sp³-hybridized carbons (Fsp3) is 0.312. The highest BCUT2D eigenvalue weighted by molar-refractivity contribution is 6.38. The van der Waals surface area contributed by atoms with Gasteiger partial charge in [-0.1, -0.05) is 29.3 Å². The van der Waals surface area contributed by atoms with Crippen molar-refractivity contribution in [3.63, 3.8) is 0 Å². The Bertz CT molecular complexity index is 716. The topological polar surface area (TPSA) is 22.0 Å². The van der Waals surface area contributed by atoms with Crippen LogP contribution in [0.25, 0.3) is 5.69 Å². The van der Waals surface area contributed by atoms with E-state index in [2.05, 4.69) is 0 Å². The smallest absolute Gasteiger partial charge is 0.164 e. The van der Waals surface area contributed by atoms with Gasteiger partial charge in [-0.15, -0.1) is 0 Å². The summed E-state index contributed by atoms with van der Waals surface area (Å²) in [4.78, 5) is 12.0. The van der Waals surface area contributed by atoms with Gasteiger partial charge in [0.25, 0.3) is 0 Å². The summed E-state index contributed by atoms with van der Waals surface area (Å²) in [7, 11) is 0. The first kappa shape index (κ1) is 13.7. The largest absolute Gasteiger partial charge is 0.315 e. The molecule has 0 radical (unpaired) electrons. The number of hydrogen-bond donors (Lipinski definition) is 0. The lowest BCUT2D eigenvalue weighted by Gasteiger charge is -2.19. The molecule has 0 N–H and O–H groups in total. The molecule has 0 saturated carbocycles. The number of aryl methyl sites for hydroxylation is 2. The van der Waals surface area contributed by atoms with Crippen LogP contribution in [0.15, 0.2) is 18.2 Å². The van der Waals surface area contributed by atoms with E-state index in [1.165, 1.54) is 0 Å². The molecular formula is C16H15Cl2NO. The van der Waals surface area contributed by atoms with Crippen molar-refractivity contribution in [1.82, 2.24) is 4.57 Å². The zero-order valence-corrected chi connectivity index (χ0v) is 13.0. The van der Waals surface area contributed by atoms with E-state index in [1.807, 2.05) is 36.6 Å². The number of rotatable bonds is 1. The van der Waals surface area contributed by atoms with Gasteiger partial charge in [0.05, 0.1) is 15.7 Å². The van der Waals surface area contributed by atoms with E-state index in [4.69, 9.17) is 23.2 Å². The molecule has 0 atom stereocenters. The van der Waals surface area contributed by atoms with Crippen LogP contribution < -0.4 is 0 Å². The first-order valence-corrected chi connectivity index (χ1v) is 7.45. The zero-order chi connectivity index (χ0) is 14.4. The molecule has 0 fully saturated rings. The van der Waals surface area contributed by atoms with Gasteiger partial charge >= 0.3 is 0 Å². The van der Waals surface area contributed by atoms with E-state index in [0.29, 0.717) is 16.5 Å². The second-order valence-corrected chi connectivity index (χ2v) is 6.07. The number of aromatic nitrogens is 1. The molecule has 104 valence electrons. The van der Waals surface area contributed by atoms with E-state index in [9.17, 15) is 4.79 Å². The first-order valence-electron chi connectivity index (χ1n) is 6.70. The Hall–Kier alpha value is -1.25. The molecule has 1 aromatic heterocycles. The summed E-state index contributed by atoms with van der Waals surface area (Å²) < 4.78 is 2.05. The SMILES string of the molecule is Cc1ccc(Cl)c(-n2c(C)cc3c2CCCC3=O)c1Cl. The highest BCUT2D eigenvalue weighted by atomic mass is 35.5. The minimum absolute atomic E-state index is 0.216. The van der Waals surface area contributed by atoms with Gasteiger partial charge in [0.15, 0.2) is 5.78 Å². The Balaban J connectivity index is 2.32. The van der Waals surface area contributed by atoms with Crippen LogP contribution in [0.4, 0.5) is 0 Å². The lowest BCUT2D eigenvalue weighted by molar-refractivity contribution is 0.0972. The maximum absolute atomic E-state index is 12.0. The predicted octanol–water partition coefficient (Wildman–Crippen LogP) is 4.92. The molecule has 0 saturated heterocycles. The average Bonchev–Trinajstić information content (AvgIpc) is 2.74. The lowest BCUT2D eigenvalue weighted by Crippen LogP contribution is -2.13. The number of Topliss-reactive ketones (excluding diaryl/α,β-unsaturated/α-hetero) is 1. The van der Waals surface area contributed by atoms with Gasteiger partial charge in [0.1, 0.15) is 0 Å². The Morgan fingerprint density at radius 2 is 1.90 bits per heavy atom. The van der Waals surface area contributed by atoms with E-state index < -0.39 is 0 Å². The molecule has 0 aliphatic heterocycles. The van der Waals surface area contributed by atoms with Gasteiger partial charge in [-0.25, -0.2) is 0 Å². The fourth-order valence-corrected chi connectivity index (χ4v) is 3.43. The molecule has 1 heterocycles. The van der Waals surface area contributed by atoms with Crippen molar-refractivity contribution in [3.05, 3.63) is 50.8 Å². The van der Waals surface area contributed by atoms with E-state index in [0.717, 1.165) is 41.0 Å². The number of hydrogen-bond acceptors (Lipinski definition) is 1. The summed E-state index contributed by atoms with van der Waals surface area (Å²) >= 11 is 12.8. The normalized spacial score (nSPS) is 14.5. The van der Waals surface area contributed by atoms with Gasteiger partial charge in [0, 0.05) is 23.4 Å². The second-order valence-electron chi connectivity index (χ2n) is 5.29. The molecule has 1 aliphatic carbocycles. The minimum Gasteiger partial charge on any atom is -0.315 e. The summed E-state index contributed by atoms with van der Waals surface area (Å²) in [6, 6.07) is 5.71. The van der Waals surface area contributed by atoms with Crippen molar-refractivity contribution < 1.29 is 4.79 Å². The molecule has 2 nitrogen and oxygen atoms in total. The molecule has 0 amide bonds. The molecule has 4 heteroatoms.